The second-order valence-electron chi connectivity index (χ2n) is 4.77. The normalized spacial score (nSPS) is 26.1. The van der Waals surface area contributed by atoms with Crippen molar-refractivity contribution in [2.24, 2.45) is 5.73 Å². The highest BCUT2D eigenvalue weighted by Gasteiger charge is 2.41. The molecule has 0 amide bonds. The molecule has 0 spiro atoms. The summed E-state index contributed by atoms with van der Waals surface area (Å²) in [5.74, 6) is 0. The maximum Gasteiger partial charge on any atom is 0.117 e. The van der Waals surface area contributed by atoms with Gasteiger partial charge in [0.1, 0.15) is 5.60 Å². The van der Waals surface area contributed by atoms with Crippen LogP contribution in [-0.2, 0) is 5.60 Å². The van der Waals surface area contributed by atoms with Gasteiger partial charge in [-0.15, -0.1) is 0 Å². The van der Waals surface area contributed by atoms with E-state index in [-0.39, 0.29) is 6.04 Å². The Balaban J connectivity index is 2.14. The Morgan fingerprint density at radius 2 is 1.78 bits per heavy atom. The van der Waals surface area contributed by atoms with Crippen molar-refractivity contribution in [3.05, 3.63) is 70.2 Å². The van der Waals surface area contributed by atoms with Gasteiger partial charge in [0.25, 0.3) is 0 Å². The van der Waals surface area contributed by atoms with Gasteiger partial charge >= 0.3 is 0 Å². The summed E-state index contributed by atoms with van der Waals surface area (Å²) in [5.41, 5.74) is 7.87. The van der Waals surface area contributed by atoms with Crippen LogP contribution in [0.15, 0.2) is 48.5 Å². The number of hydrogen-bond acceptors (Lipinski definition) is 2. The molecule has 0 aliphatic heterocycles. The second kappa shape index (κ2) is 4.09. The lowest BCUT2D eigenvalue weighted by Gasteiger charge is -2.24. The van der Waals surface area contributed by atoms with Gasteiger partial charge in [-0.05, 0) is 28.8 Å². The monoisotopic (exact) mass is 259 g/mol. The van der Waals surface area contributed by atoms with Crippen molar-refractivity contribution in [3.8, 4) is 0 Å². The molecule has 0 saturated heterocycles. The van der Waals surface area contributed by atoms with Gasteiger partial charge in [-0.2, -0.15) is 0 Å². The van der Waals surface area contributed by atoms with Gasteiger partial charge in [0.15, 0.2) is 0 Å². The molecule has 2 unspecified atom stereocenters. The summed E-state index contributed by atoms with van der Waals surface area (Å²) >= 11 is 5.89. The predicted molar refractivity (Wildman–Crippen MR) is 72.4 cm³/mol. The second-order valence-corrected chi connectivity index (χ2v) is 5.20. The zero-order valence-electron chi connectivity index (χ0n) is 9.81. The number of aliphatic hydroxyl groups is 1. The fourth-order valence-electron chi connectivity index (χ4n) is 2.73. The molecule has 18 heavy (non-hydrogen) atoms. The van der Waals surface area contributed by atoms with Crippen LogP contribution in [0.4, 0.5) is 0 Å². The number of nitrogens with two attached hydrogens (primary N) is 1. The molecule has 3 N–H and O–H groups in total. The Bertz CT molecular complexity index is 581. The van der Waals surface area contributed by atoms with Crippen LogP contribution >= 0.6 is 11.6 Å². The molecule has 0 saturated carbocycles. The Morgan fingerprint density at radius 1 is 1.11 bits per heavy atom. The van der Waals surface area contributed by atoms with E-state index in [9.17, 15) is 5.11 Å². The lowest BCUT2D eigenvalue weighted by atomic mass is 9.88. The third-order valence-electron chi connectivity index (χ3n) is 3.64. The SMILES string of the molecule is NC1CC(O)(c2ccc(Cl)cc2)c2ccccc21. The zero-order chi connectivity index (χ0) is 12.8. The van der Waals surface area contributed by atoms with E-state index in [2.05, 4.69) is 0 Å². The molecule has 0 bridgehead atoms. The molecule has 2 aromatic carbocycles. The van der Waals surface area contributed by atoms with Crippen molar-refractivity contribution in [2.45, 2.75) is 18.1 Å². The summed E-state index contributed by atoms with van der Waals surface area (Å²) in [6.07, 6.45) is 0.508. The lowest BCUT2D eigenvalue weighted by molar-refractivity contribution is 0.0776. The maximum atomic E-state index is 11.0. The summed E-state index contributed by atoms with van der Waals surface area (Å²) < 4.78 is 0. The number of rotatable bonds is 1. The molecule has 3 heteroatoms. The minimum absolute atomic E-state index is 0.123. The summed E-state index contributed by atoms with van der Waals surface area (Å²) in [6.45, 7) is 0. The molecule has 0 heterocycles. The van der Waals surface area contributed by atoms with Crippen LogP contribution in [0.5, 0.6) is 0 Å². The Labute approximate surface area is 111 Å². The molecule has 0 aromatic heterocycles. The first-order valence-electron chi connectivity index (χ1n) is 5.95. The van der Waals surface area contributed by atoms with E-state index >= 15 is 0 Å². The molecule has 3 rings (SSSR count). The Hall–Kier alpha value is -1.35. The van der Waals surface area contributed by atoms with Crippen LogP contribution < -0.4 is 5.73 Å². The first-order valence-corrected chi connectivity index (χ1v) is 6.32. The summed E-state index contributed by atoms with van der Waals surface area (Å²) in [5, 5.41) is 11.6. The predicted octanol–water partition coefficient (Wildman–Crippen LogP) is 2.98. The van der Waals surface area contributed by atoms with Crippen molar-refractivity contribution in [2.75, 3.05) is 0 Å². The highest BCUT2D eigenvalue weighted by molar-refractivity contribution is 6.30. The van der Waals surface area contributed by atoms with Crippen LogP contribution in [0.1, 0.15) is 29.2 Å². The zero-order valence-corrected chi connectivity index (χ0v) is 10.6. The van der Waals surface area contributed by atoms with Crippen molar-refractivity contribution >= 4 is 11.6 Å². The first kappa shape index (κ1) is 11.7. The quantitative estimate of drug-likeness (QED) is 0.827. The van der Waals surface area contributed by atoms with Gasteiger partial charge in [0.05, 0.1) is 0 Å². The Kier molecular flexibility index (Phi) is 2.67. The molecule has 2 aromatic rings. The summed E-state index contributed by atoms with van der Waals surface area (Å²) in [6, 6.07) is 15.0. The van der Waals surface area contributed by atoms with E-state index in [4.69, 9.17) is 17.3 Å². The highest BCUT2D eigenvalue weighted by atomic mass is 35.5. The van der Waals surface area contributed by atoms with Crippen molar-refractivity contribution in [1.29, 1.82) is 0 Å². The average Bonchev–Trinajstić information content (AvgIpc) is 2.64. The molecule has 0 fully saturated rings. The van der Waals surface area contributed by atoms with Gasteiger partial charge in [0, 0.05) is 17.5 Å². The van der Waals surface area contributed by atoms with E-state index < -0.39 is 5.60 Å². The third-order valence-corrected chi connectivity index (χ3v) is 3.89. The van der Waals surface area contributed by atoms with Crippen molar-refractivity contribution in [1.82, 2.24) is 0 Å². The van der Waals surface area contributed by atoms with E-state index in [0.29, 0.717) is 11.4 Å². The third kappa shape index (κ3) is 1.65. The standard InChI is InChI=1S/C15H14ClNO/c16-11-7-5-10(6-8-11)15(18)9-14(17)12-3-1-2-4-13(12)15/h1-8,14,18H,9,17H2. The van der Waals surface area contributed by atoms with Crippen LogP contribution in [-0.4, -0.2) is 5.11 Å². The molecule has 2 nitrogen and oxygen atoms in total. The molecule has 1 aliphatic rings. The van der Waals surface area contributed by atoms with Gasteiger partial charge in [0.2, 0.25) is 0 Å². The molecule has 0 radical (unpaired) electrons. The summed E-state index contributed by atoms with van der Waals surface area (Å²) in [4.78, 5) is 0. The van der Waals surface area contributed by atoms with Crippen LogP contribution in [0, 0.1) is 0 Å². The average molecular weight is 260 g/mol. The van der Waals surface area contributed by atoms with Gasteiger partial charge in [-0.3, -0.25) is 0 Å². The van der Waals surface area contributed by atoms with Crippen LogP contribution in [0.25, 0.3) is 0 Å². The number of halogens is 1. The van der Waals surface area contributed by atoms with Crippen molar-refractivity contribution < 1.29 is 5.11 Å². The van der Waals surface area contributed by atoms with Crippen molar-refractivity contribution in [3.63, 3.8) is 0 Å². The molecular formula is C15H14ClNO. The van der Waals surface area contributed by atoms with E-state index in [1.54, 1.807) is 12.1 Å². The first-order chi connectivity index (χ1) is 8.61. The minimum Gasteiger partial charge on any atom is -0.380 e. The van der Waals surface area contributed by atoms with E-state index in [0.717, 1.165) is 16.7 Å². The molecular weight excluding hydrogens is 246 g/mol. The van der Waals surface area contributed by atoms with Gasteiger partial charge < -0.3 is 10.8 Å². The maximum absolute atomic E-state index is 11.0. The molecule has 1 aliphatic carbocycles. The Morgan fingerprint density at radius 3 is 2.50 bits per heavy atom. The molecule has 92 valence electrons. The summed E-state index contributed by atoms with van der Waals surface area (Å²) in [7, 11) is 0. The van der Waals surface area contributed by atoms with Gasteiger partial charge in [-0.1, -0.05) is 48.0 Å². The highest BCUT2D eigenvalue weighted by Crippen LogP contribution is 2.46. The minimum atomic E-state index is -0.999. The number of hydrogen-bond donors (Lipinski definition) is 2. The number of benzene rings is 2. The smallest absolute Gasteiger partial charge is 0.117 e. The van der Waals surface area contributed by atoms with E-state index in [1.807, 2.05) is 36.4 Å². The fraction of sp³-hybridized carbons (Fsp3) is 0.200. The largest absolute Gasteiger partial charge is 0.380 e. The lowest BCUT2D eigenvalue weighted by Crippen LogP contribution is -2.24. The number of fused-ring (bicyclic) bond motifs is 1. The fourth-order valence-corrected chi connectivity index (χ4v) is 2.86. The van der Waals surface area contributed by atoms with Crippen LogP contribution in [0.3, 0.4) is 0 Å². The van der Waals surface area contributed by atoms with E-state index in [1.165, 1.54) is 0 Å². The topological polar surface area (TPSA) is 46.2 Å². The van der Waals surface area contributed by atoms with Crippen LogP contribution in [0.2, 0.25) is 5.02 Å². The molecule has 2 atom stereocenters. The van der Waals surface area contributed by atoms with Gasteiger partial charge in [-0.25, -0.2) is 0 Å².